The minimum absolute atomic E-state index is 0.0396. The van der Waals surface area contributed by atoms with Gasteiger partial charge in [0.05, 0.1) is 11.9 Å². The van der Waals surface area contributed by atoms with Crippen molar-refractivity contribution in [1.82, 2.24) is 14.7 Å². The Morgan fingerprint density at radius 2 is 1.97 bits per heavy atom. The van der Waals surface area contributed by atoms with Gasteiger partial charge in [0.1, 0.15) is 0 Å². The van der Waals surface area contributed by atoms with Gasteiger partial charge in [0.2, 0.25) is 5.91 Å². The Kier molecular flexibility index (Phi) is 6.42. The van der Waals surface area contributed by atoms with Crippen LogP contribution >= 0.6 is 23.2 Å². The number of nitrogens with zero attached hydrogens (tertiary/aromatic N) is 3. The van der Waals surface area contributed by atoms with Crippen molar-refractivity contribution in [3.8, 4) is 0 Å². The molecular formula is C22H26Cl2F3N3O2. The van der Waals surface area contributed by atoms with E-state index in [0.29, 0.717) is 41.8 Å². The molecule has 1 aliphatic carbocycles. The number of aromatic nitrogens is 2. The third-order valence-electron chi connectivity index (χ3n) is 7.41. The topological polar surface area (TPSA) is 58.4 Å². The molecule has 176 valence electrons. The summed E-state index contributed by atoms with van der Waals surface area (Å²) in [5.74, 6) is -1.27. The van der Waals surface area contributed by atoms with Crippen LogP contribution in [0.15, 0.2) is 12.1 Å². The molecule has 2 fully saturated rings. The van der Waals surface area contributed by atoms with E-state index in [0.717, 1.165) is 11.9 Å². The lowest BCUT2D eigenvalue weighted by Crippen LogP contribution is -2.55. The normalized spacial score (nSPS) is 27.4. The second-order valence-electron chi connectivity index (χ2n) is 9.04. The molecule has 5 atom stereocenters. The minimum Gasteiger partial charge on any atom is -0.383 e. The number of aryl methyl sites for hydroxylation is 1. The number of aliphatic hydroxyl groups is 1. The number of halogens is 5. The predicted molar refractivity (Wildman–Crippen MR) is 117 cm³/mol. The number of hydrogen-bond acceptors (Lipinski definition) is 3. The Balaban J connectivity index is 1.55. The van der Waals surface area contributed by atoms with Gasteiger partial charge < -0.3 is 10.0 Å². The lowest BCUT2D eigenvalue weighted by atomic mass is 9.64. The second kappa shape index (κ2) is 8.69. The minimum atomic E-state index is -4.62. The van der Waals surface area contributed by atoms with Crippen molar-refractivity contribution in [2.24, 2.45) is 24.8 Å². The van der Waals surface area contributed by atoms with Crippen LogP contribution in [0.4, 0.5) is 13.2 Å². The molecule has 32 heavy (non-hydrogen) atoms. The summed E-state index contributed by atoms with van der Waals surface area (Å²) in [7, 11) is 1.76. The summed E-state index contributed by atoms with van der Waals surface area (Å²) >= 11 is 12.7. The van der Waals surface area contributed by atoms with Crippen molar-refractivity contribution >= 4 is 40.0 Å². The highest BCUT2D eigenvalue weighted by Crippen LogP contribution is 2.47. The van der Waals surface area contributed by atoms with Gasteiger partial charge in [-0.1, -0.05) is 29.6 Å². The number of carbonyl (C=O) groups is 1. The standard InChI is InChI=1S/C22H26Cl2F3N3O2/c1-11-12-4-3-5-14(20(32)22(25,26)27)13(12)8-9-30(11)18(31)10-15-16(23)6-7-17-19(15)21(24)28-29(17)2/h6-7,11-14,20,32H,3-5,8-10H2,1-2H3/t11-,12+,13+,14?,20?/m0/s1. The van der Waals surface area contributed by atoms with E-state index < -0.39 is 18.2 Å². The van der Waals surface area contributed by atoms with Crippen LogP contribution in [0.25, 0.3) is 10.9 Å². The van der Waals surface area contributed by atoms with Gasteiger partial charge in [-0.15, -0.1) is 0 Å². The molecule has 1 aliphatic heterocycles. The Labute approximate surface area is 194 Å². The Morgan fingerprint density at radius 1 is 1.25 bits per heavy atom. The number of fused-ring (bicyclic) bond motifs is 2. The molecule has 2 aromatic rings. The number of aliphatic hydroxyl groups excluding tert-OH is 1. The Morgan fingerprint density at radius 3 is 2.66 bits per heavy atom. The number of hydrogen-bond donors (Lipinski definition) is 1. The number of rotatable bonds is 3. The number of amides is 1. The summed E-state index contributed by atoms with van der Waals surface area (Å²) in [6, 6.07) is 3.30. The first-order valence-corrected chi connectivity index (χ1v) is 11.6. The van der Waals surface area contributed by atoms with Crippen molar-refractivity contribution in [2.45, 2.75) is 57.3 Å². The summed E-state index contributed by atoms with van der Waals surface area (Å²) < 4.78 is 41.2. The number of carbonyl (C=O) groups excluding carboxylic acids is 1. The van der Waals surface area contributed by atoms with Gasteiger partial charge in [-0.3, -0.25) is 9.48 Å². The van der Waals surface area contributed by atoms with E-state index in [9.17, 15) is 23.1 Å². The first-order chi connectivity index (χ1) is 15.0. The largest absolute Gasteiger partial charge is 0.414 e. The summed E-state index contributed by atoms with van der Waals surface area (Å²) in [6.45, 7) is 2.26. The average Bonchev–Trinajstić information content (AvgIpc) is 3.02. The van der Waals surface area contributed by atoms with E-state index >= 15 is 0 Å². The van der Waals surface area contributed by atoms with Crippen LogP contribution in [-0.4, -0.2) is 50.6 Å². The lowest BCUT2D eigenvalue weighted by Gasteiger charge is -2.50. The maximum absolute atomic E-state index is 13.3. The van der Waals surface area contributed by atoms with E-state index in [1.165, 1.54) is 0 Å². The SMILES string of the molecule is C[C@H]1[C@H]2CCCC(C(O)C(F)(F)F)[C@@H]2CCN1C(=O)Cc1c(Cl)ccc2c1c(Cl)nn2C. The van der Waals surface area contributed by atoms with Crippen molar-refractivity contribution in [1.29, 1.82) is 0 Å². The number of alkyl halides is 3. The van der Waals surface area contributed by atoms with Gasteiger partial charge in [0.15, 0.2) is 11.3 Å². The van der Waals surface area contributed by atoms with Crippen LogP contribution in [-0.2, 0) is 18.3 Å². The fourth-order valence-corrected chi connectivity index (χ4v) is 6.39. The molecule has 0 bridgehead atoms. The molecule has 10 heteroatoms. The van der Waals surface area contributed by atoms with E-state index in [1.807, 2.05) is 6.92 Å². The van der Waals surface area contributed by atoms with Crippen LogP contribution in [0, 0.1) is 17.8 Å². The van der Waals surface area contributed by atoms with Crippen molar-refractivity contribution in [3.63, 3.8) is 0 Å². The second-order valence-corrected chi connectivity index (χ2v) is 9.80. The van der Waals surface area contributed by atoms with Gasteiger partial charge >= 0.3 is 6.18 Å². The zero-order valence-corrected chi connectivity index (χ0v) is 19.4. The molecule has 1 aromatic heterocycles. The van der Waals surface area contributed by atoms with Gasteiger partial charge in [0, 0.05) is 30.0 Å². The number of benzene rings is 1. The van der Waals surface area contributed by atoms with Crippen LogP contribution < -0.4 is 0 Å². The highest BCUT2D eigenvalue weighted by atomic mass is 35.5. The summed E-state index contributed by atoms with van der Waals surface area (Å²) in [6.07, 6.45) is -4.72. The lowest BCUT2D eigenvalue weighted by molar-refractivity contribution is -0.233. The summed E-state index contributed by atoms with van der Waals surface area (Å²) in [5.41, 5.74) is 1.38. The Hall–Kier alpha value is -1.51. The van der Waals surface area contributed by atoms with Crippen LogP contribution in [0.3, 0.4) is 0 Å². The zero-order chi connectivity index (χ0) is 23.4. The molecule has 1 saturated carbocycles. The van der Waals surface area contributed by atoms with Gasteiger partial charge in [-0.25, -0.2) is 0 Å². The van der Waals surface area contributed by atoms with Gasteiger partial charge in [-0.2, -0.15) is 18.3 Å². The number of piperidine rings is 1. The maximum atomic E-state index is 13.3. The highest BCUT2D eigenvalue weighted by molar-refractivity contribution is 6.37. The maximum Gasteiger partial charge on any atom is 0.414 e. The van der Waals surface area contributed by atoms with E-state index in [1.54, 1.807) is 28.8 Å². The van der Waals surface area contributed by atoms with Crippen molar-refractivity contribution in [3.05, 3.63) is 27.9 Å². The molecule has 1 saturated heterocycles. The average molecular weight is 492 g/mol. The molecule has 4 rings (SSSR count). The molecule has 1 aromatic carbocycles. The summed E-state index contributed by atoms with van der Waals surface area (Å²) in [5, 5.41) is 15.5. The zero-order valence-electron chi connectivity index (χ0n) is 17.9. The van der Waals surface area contributed by atoms with E-state index in [4.69, 9.17) is 23.2 Å². The quantitative estimate of drug-likeness (QED) is 0.657. The molecule has 0 spiro atoms. The molecule has 5 nitrogen and oxygen atoms in total. The van der Waals surface area contributed by atoms with Crippen LogP contribution in [0.2, 0.25) is 10.2 Å². The first kappa shape index (κ1) is 23.6. The first-order valence-electron chi connectivity index (χ1n) is 10.8. The summed E-state index contributed by atoms with van der Waals surface area (Å²) in [4.78, 5) is 15.1. The molecule has 1 N–H and O–H groups in total. The molecule has 2 unspecified atom stereocenters. The van der Waals surface area contributed by atoms with Crippen LogP contribution in [0.5, 0.6) is 0 Å². The van der Waals surface area contributed by atoms with E-state index in [-0.39, 0.29) is 35.4 Å². The molecule has 2 heterocycles. The monoisotopic (exact) mass is 491 g/mol. The van der Waals surface area contributed by atoms with E-state index in [2.05, 4.69) is 5.10 Å². The predicted octanol–water partition coefficient (Wildman–Crippen LogP) is 5.00. The molecule has 1 amide bonds. The van der Waals surface area contributed by atoms with Crippen molar-refractivity contribution in [2.75, 3.05) is 6.54 Å². The molecule has 2 aliphatic rings. The van der Waals surface area contributed by atoms with Crippen LogP contribution in [0.1, 0.15) is 38.2 Å². The smallest absolute Gasteiger partial charge is 0.383 e. The number of likely N-dealkylation sites (tertiary alicyclic amines) is 1. The fourth-order valence-electron chi connectivity index (χ4n) is 5.84. The van der Waals surface area contributed by atoms with Crippen molar-refractivity contribution < 1.29 is 23.1 Å². The third kappa shape index (κ3) is 4.10. The van der Waals surface area contributed by atoms with Gasteiger partial charge in [-0.05, 0) is 61.6 Å². The molecular weight excluding hydrogens is 466 g/mol. The fraction of sp³-hybridized carbons (Fsp3) is 0.636. The highest BCUT2D eigenvalue weighted by Gasteiger charge is 2.51. The third-order valence-corrected chi connectivity index (χ3v) is 8.02. The van der Waals surface area contributed by atoms with Gasteiger partial charge in [0.25, 0.3) is 0 Å². The Bertz CT molecular complexity index is 1030. The molecule has 0 radical (unpaired) electrons.